The molecule has 0 aliphatic carbocycles. The van der Waals surface area contributed by atoms with Gasteiger partial charge in [-0.05, 0) is 24.3 Å². The van der Waals surface area contributed by atoms with Crippen LogP contribution < -0.4 is 15.9 Å². The van der Waals surface area contributed by atoms with Crippen molar-refractivity contribution in [2.24, 2.45) is 10.8 Å². The molecule has 0 saturated carbocycles. The van der Waals surface area contributed by atoms with Crippen molar-refractivity contribution in [2.45, 2.75) is 6.54 Å². The van der Waals surface area contributed by atoms with Crippen LogP contribution in [0.4, 0.5) is 0 Å². The van der Waals surface area contributed by atoms with Crippen LogP contribution in [0.15, 0.2) is 62.7 Å². The van der Waals surface area contributed by atoms with Crippen molar-refractivity contribution in [1.29, 1.82) is 0 Å². The zero-order valence-electron chi connectivity index (χ0n) is 15.9. The van der Waals surface area contributed by atoms with E-state index in [1.807, 2.05) is 30.3 Å². The minimum absolute atomic E-state index is 0.0527. The van der Waals surface area contributed by atoms with E-state index < -0.39 is 11.8 Å². The number of primary amides is 1. The van der Waals surface area contributed by atoms with E-state index >= 15 is 0 Å². The van der Waals surface area contributed by atoms with E-state index in [0.717, 1.165) is 26.3 Å². The van der Waals surface area contributed by atoms with Crippen LogP contribution in [0, 0.1) is 0 Å². The normalized spacial score (nSPS) is 11.4. The highest BCUT2D eigenvalue weighted by Gasteiger charge is 2.15. The average Bonchev–Trinajstić information content (AvgIpc) is 3.29. The van der Waals surface area contributed by atoms with Crippen LogP contribution in [0.2, 0.25) is 0 Å². The monoisotopic (exact) mass is 468 g/mol. The SMILES string of the molecule is COc1cc(Br)cc2cc(C(=O)N/N=C\c3cn(CC(N)=O)c4ccccc34)oc12. The zero-order valence-corrected chi connectivity index (χ0v) is 17.5. The van der Waals surface area contributed by atoms with Crippen molar-refractivity contribution < 1.29 is 18.7 Å². The second kappa shape index (κ2) is 8.03. The maximum absolute atomic E-state index is 12.5. The summed E-state index contributed by atoms with van der Waals surface area (Å²) in [7, 11) is 1.53. The molecular formula is C21H17BrN4O4. The Morgan fingerprint density at radius 3 is 2.87 bits per heavy atom. The number of carbonyl (C=O) groups is 2. The molecule has 30 heavy (non-hydrogen) atoms. The molecule has 4 aromatic rings. The van der Waals surface area contributed by atoms with Crippen LogP contribution in [0.3, 0.4) is 0 Å². The molecule has 0 spiro atoms. The molecule has 4 rings (SSSR count). The summed E-state index contributed by atoms with van der Waals surface area (Å²) in [6, 6.07) is 12.7. The Morgan fingerprint density at radius 2 is 2.10 bits per heavy atom. The fraction of sp³-hybridized carbons (Fsp3) is 0.0952. The van der Waals surface area contributed by atoms with Gasteiger partial charge in [-0.25, -0.2) is 5.43 Å². The standard InChI is InChI=1S/C21H17BrN4O4/c1-29-17-8-14(22)6-12-7-18(30-20(12)17)21(28)25-24-9-13-10-26(11-19(23)27)16-5-3-2-4-15(13)16/h2-10H,11H2,1H3,(H2,23,27)(H,25,28)/b24-9-. The first-order valence-electron chi connectivity index (χ1n) is 8.93. The van der Waals surface area contributed by atoms with Crippen LogP contribution >= 0.6 is 15.9 Å². The number of para-hydroxylation sites is 1. The van der Waals surface area contributed by atoms with E-state index in [2.05, 4.69) is 26.5 Å². The van der Waals surface area contributed by atoms with Gasteiger partial charge in [0.05, 0.1) is 13.3 Å². The Hall–Kier alpha value is -3.59. The number of hydrazone groups is 1. The summed E-state index contributed by atoms with van der Waals surface area (Å²) in [5, 5.41) is 5.65. The van der Waals surface area contributed by atoms with Crippen LogP contribution in [0.1, 0.15) is 16.1 Å². The first-order chi connectivity index (χ1) is 14.5. The fourth-order valence-corrected chi connectivity index (χ4v) is 3.70. The number of nitrogens with two attached hydrogens (primary N) is 1. The number of rotatable bonds is 6. The van der Waals surface area contributed by atoms with E-state index in [1.54, 1.807) is 22.9 Å². The molecular weight excluding hydrogens is 452 g/mol. The number of fused-ring (bicyclic) bond motifs is 2. The highest BCUT2D eigenvalue weighted by molar-refractivity contribution is 9.10. The number of methoxy groups -OCH3 is 1. The molecule has 9 heteroatoms. The Bertz CT molecular complexity index is 1310. The average molecular weight is 469 g/mol. The van der Waals surface area contributed by atoms with E-state index in [4.69, 9.17) is 14.9 Å². The van der Waals surface area contributed by atoms with E-state index in [0.29, 0.717) is 11.3 Å². The van der Waals surface area contributed by atoms with Gasteiger partial charge in [-0.15, -0.1) is 0 Å². The lowest BCUT2D eigenvalue weighted by atomic mass is 10.2. The van der Waals surface area contributed by atoms with Crippen molar-refractivity contribution in [3.05, 3.63) is 64.5 Å². The number of hydrogen-bond donors (Lipinski definition) is 2. The number of aromatic nitrogens is 1. The summed E-state index contributed by atoms with van der Waals surface area (Å²) in [5.74, 6) is -0.320. The molecule has 0 radical (unpaired) electrons. The number of halogens is 1. The number of ether oxygens (including phenoxy) is 1. The smallest absolute Gasteiger partial charge is 0.307 e. The van der Waals surface area contributed by atoms with Gasteiger partial charge in [0.1, 0.15) is 6.54 Å². The van der Waals surface area contributed by atoms with E-state index in [-0.39, 0.29) is 12.3 Å². The Balaban J connectivity index is 1.57. The van der Waals surface area contributed by atoms with Gasteiger partial charge in [0.15, 0.2) is 17.1 Å². The second-order valence-electron chi connectivity index (χ2n) is 6.53. The molecule has 2 aromatic heterocycles. The van der Waals surface area contributed by atoms with Gasteiger partial charge >= 0.3 is 5.91 Å². The molecule has 0 aliphatic rings. The third kappa shape index (κ3) is 3.79. The van der Waals surface area contributed by atoms with E-state index in [1.165, 1.54) is 13.3 Å². The predicted molar refractivity (Wildman–Crippen MR) is 117 cm³/mol. The maximum Gasteiger partial charge on any atom is 0.307 e. The van der Waals surface area contributed by atoms with Gasteiger partial charge in [0.2, 0.25) is 5.91 Å². The molecule has 8 nitrogen and oxygen atoms in total. The molecule has 0 aliphatic heterocycles. The van der Waals surface area contributed by atoms with Gasteiger partial charge in [-0.1, -0.05) is 34.1 Å². The van der Waals surface area contributed by atoms with Gasteiger partial charge < -0.3 is 19.5 Å². The van der Waals surface area contributed by atoms with Crippen molar-refractivity contribution in [1.82, 2.24) is 9.99 Å². The molecule has 152 valence electrons. The fourth-order valence-electron chi connectivity index (χ4n) is 3.24. The largest absolute Gasteiger partial charge is 0.493 e. The van der Waals surface area contributed by atoms with Crippen molar-refractivity contribution >= 4 is 55.8 Å². The molecule has 2 aromatic carbocycles. The second-order valence-corrected chi connectivity index (χ2v) is 7.45. The van der Waals surface area contributed by atoms with Gasteiger partial charge in [-0.2, -0.15) is 5.10 Å². The lowest BCUT2D eigenvalue weighted by Gasteiger charge is -2.00. The Labute approximate surface area is 179 Å². The van der Waals surface area contributed by atoms with Crippen LogP contribution in [0.5, 0.6) is 5.75 Å². The topological polar surface area (TPSA) is 112 Å². The van der Waals surface area contributed by atoms with Crippen LogP contribution in [-0.2, 0) is 11.3 Å². The molecule has 0 atom stereocenters. The molecule has 0 saturated heterocycles. The number of nitrogens with zero attached hydrogens (tertiary/aromatic N) is 2. The highest BCUT2D eigenvalue weighted by Crippen LogP contribution is 2.32. The molecule has 0 bridgehead atoms. The summed E-state index contributed by atoms with van der Waals surface area (Å²) in [6.07, 6.45) is 3.27. The van der Waals surface area contributed by atoms with Crippen LogP contribution in [0.25, 0.3) is 21.9 Å². The minimum atomic E-state index is -0.499. The summed E-state index contributed by atoms with van der Waals surface area (Å²) in [4.78, 5) is 23.8. The Kier molecular flexibility index (Phi) is 5.28. The first-order valence-corrected chi connectivity index (χ1v) is 9.72. The summed E-state index contributed by atoms with van der Waals surface area (Å²) < 4.78 is 13.5. The van der Waals surface area contributed by atoms with Crippen molar-refractivity contribution in [3.8, 4) is 5.75 Å². The third-order valence-corrected chi connectivity index (χ3v) is 4.96. The van der Waals surface area contributed by atoms with Crippen LogP contribution in [-0.4, -0.2) is 29.7 Å². The molecule has 0 unspecified atom stereocenters. The minimum Gasteiger partial charge on any atom is -0.493 e. The molecule has 3 N–H and O–H groups in total. The lowest BCUT2D eigenvalue weighted by Crippen LogP contribution is -2.18. The van der Waals surface area contributed by atoms with Crippen molar-refractivity contribution in [2.75, 3.05) is 7.11 Å². The number of nitrogens with one attached hydrogen (secondary N) is 1. The number of benzene rings is 2. The zero-order chi connectivity index (χ0) is 21.3. The van der Waals surface area contributed by atoms with Crippen molar-refractivity contribution in [3.63, 3.8) is 0 Å². The van der Waals surface area contributed by atoms with E-state index in [9.17, 15) is 9.59 Å². The summed E-state index contributed by atoms with van der Waals surface area (Å²) >= 11 is 3.40. The predicted octanol–water partition coefficient (Wildman–Crippen LogP) is 3.41. The first kappa shape index (κ1) is 19.7. The number of carbonyl (C=O) groups excluding carboxylic acids is 2. The number of hydrogen-bond acceptors (Lipinski definition) is 5. The quantitative estimate of drug-likeness (QED) is 0.333. The molecule has 2 amide bonds. The van der Waals surface area contributed by atoms with Gasteiger partial charge in [0.25, 0.3) is 0 Å². The summed E-state index contributed by atoms with van der Waals surface area (Å²) in [5.41, 5.74) is 9.84. The maximum atomic E-state index is 12.5. The summed E-state index contributed by atoms with van der Waals surface area (Å²) in [6.45, 7) is 0.0527. The Morgan fingerprint density at radius 1 is 1.30 bits per heavy atom. The highest BCUT2D eigenvalue weighted by atomic mass is 79.9. The number of amides is 2. The van der Waals surface area contributed by atoms with Gasteiger partial charge in [-0.3, -0.25) is 9.59 Å². The number of furan rings is 1. The van der Waals surface area contributed by atoms with Gasteiger partial charge in [0, 0.05) is 32.5 Å². The lowest BCUT2D eigenvalue weighted by molar-refractivity contribution is -0.118. The third-order valence-electron chi connectivity index (χ3n) is 4.51. The molecule has 2 heterocycles. The molecule has 0 fully saturated rings.